The van der Waals surface area contributed by atoms with Crippen LogP contribution in [0.15, 0.2) is 18.2 Å². The van der Waals surface area contributed by atoms with E-state index in [0.29, 0.717) is 30.9 Å². The molecule has 0 aliphatic carbocycles. The molecule has 0 spiro atoms. The van der Waals surface area contributed by atoms with Gasteiger partial charge < -0.3 is 14.2 Å². The number of ether oxygens (including phenoxy) is 3. The minimum absolute atomic E-state index is 0.551. The summed E-state index contributed by atoms with van der Waals surface area (Å²) in [6.45, 7) is 5.79. The summed E-state index contributed by atoms with van der Waals surface area (Å²) in [4.78, 5) is 0. The molecule has 4 heteroatoms. The summed E-state index contributed by atoms with van der Waals surface area (Å²) in [5, 5.41) is 0. The molecule has 0 radical (unpaired) electrons. The second kappa shape index (κ2) is 10.7. The molecule has 0 heterocycles. The fourth-order valence-electron chi connectivity index (χ4n) is 2.32. The Morgan fingerprint density at radius 3 is 2.45 bits per heavy atom. The van der Waals surface area contributed by atoms with Gasteiger partial charge in [-0.1, -0.05) is 19.9 Å². The lowest BCUT2D eigenvalue weighted by Crippen LogP contribution is -2.11. The quantitative estimate of drug-likeness (QED) is 0.440. The monoisotopic (exact) mass is 328 g/mol. The molecule has 22 heavy (non-hydrogen) atoms. The molecule has 0 saturated heterocycles. The molecule has 0 aliphatic rings. The minimum Gasteiger partial charge on any atom is -0.493 e. The van der Waals surface area contributed by atoms with Crippen molar-refractivity contribution in [2.75, 3.05) is 33.3 Å². The van der Waals surface area contributed by atoms with Gasteiger partial charge in [0.25, 0.3) is 0 Å². The van der Waals surface area contributed by atoms with E-state index in [9.17, 15) is 0 Å². The number of hydrogen-bond donors (Lipinski definition) is 0. The third-order valence-electron chi connectivity index (χ3n) is 3.92. The van der Waals surface area contributed by atoms with Gasteiger partial charge >= 0.3 is 0 Å². The Bertz CT molecular complexity index is 421. The predicted octanol–water partition coefficient (Wildman–Crippen LogP) is 4.55. The van der Waals surface area contributed by atoms with Crippen LogP contribution < -0.4 is 9.47 Å². The van der Waals surface area contributed by atoms with Crippen LogP contribution in [0.1, 0.15) is 32.3 Å². The lowest BCUT2D eigenvalue weighted by molar-refractivity contribution is 0.170. The van der Waals surface area contributed by atoms with E-state index in [1.807, 2.05) is 6.07 Å². The summed E-state index contributed by atoms with van der Waals surface area (Å²) < 4.78 is 16.2. The van der Waals surface area contributed by atoms with Gasteiger partial charge in [0.15, 0.2) is 11.5 Å². The molecule has 1 aromatic carbocycles. The highest BCUT2D eigenvalue weighted by Gasteiger charge is 2.13. The van der Waals surface area contributed by atoms with E-state index in [2.05, 4.69) is 26.0 Å². The summed E-state index contributed by atoms with van der Waals surface area (Å²) in [5.41, 5.74) is 1.26. The molecule has 3 nitrogen and oxygen atoms in total. The topological polar surface area (TPSA) is 27.7 Å². The van der Waals surface area contributed by atoms with Crippen LogP contribution in [0.2, 0.25) is 0 Å². The van der Waals surface area contributed by atoms with Gasteiger partial charge in [0, 0.05) is 26.0 Å². The van der Waals surface area contributed by atoms with Gasteiger partial charge in [-0.2, -0.15) is 0 Å². The first kappa shape index (κ1) is 19.1. The first-order valence-electron chi connectivity index (χ1n) is 7.97. The van der Waals surface area contributed by atoms with E-state index in [1.54, 1.807) is 14.2 Å². The van der Waals surface area contributed by atoms with Crippen LogP contribution in [-0.2, 0) is 11.2 Å². The Hall–Kier alpha value is -0.930. The molecule has 0 aliphatic heterocycles. The smallest absolute Gasteiger partial charge is 0.161 e. The maximum absolute atomic E-state index is 6.05. The van der Waals surface area contributed by atoms with Crippen molar-refractivity contribution in [1.29, 1.82) is 0 Å². The van der Waals surface area contributed by atoms with E-state index in [0.717, 1.165) is 30.8 Å². The normalized spacial score (nSPS) is 12.5. The van der Waals surface area contributed by atoms with Crippen molar-refractivity contribution in [3.05, 3.63) is 23.8 Å². The highest BCUT2D eigenvalue weighted by Crippen LogP contribution is 2.29. The zero-order valence-corrected chi connectivity index (χ0v) is 15.0. The Morgan fingerprint density at radius 2 is 1.86 bits per heavy atom. The van der Waals surface area contributed by atoms with E-state index in [4.69, 9.17) is 25.8 Å². The van der Waals surface area contributed by atoms with Crippen LogP contribution in [0.25, 0.3) is 0 Å². The van der Waals surface area contributed by atoms with Crippen LogP contribution in [0.4, 0.5) is 0 Å². The fraction of sp³-hybridized carbons (Fsp3) is 0.667. The van der Waals surface area contributed by atoms with E-state index >= 15 is 0 Å². The molecular weight excluding hydrogens is 300 g/mol. The lowest BCUT2D eigenvalue weighted by Gasteiger charge is -2.18. The lowest BCUT2D eigenvalue weighted by atomic mass is 9.91. The molecule has 0 amide bonds. The molecule has 1 aromatic rings. The summed E-state index contributed by atoms with van der Waals surface area (Å²) in [6, 6.07) is 6.16. The number of benzene rings is 1. The van der Waals surface area contributed by atoms with Gasteiger partial charge in [-0.25, -0.2) is 0 Å². The molecular formula is C18H29ClO3. The number of hydrogen-bond acceptors (Lipinski definition) is 3. The third-order valence-corrected chi connectivity index (χ3v) is 4.32. The molecule has 0 saturated carbocycles. The number of rotatable bonds is 11. The van der Waals surface area contributed by atoms with Crippen LogP contribution in [0.5, 0.6) is 11.5 Å². The SMILES string of the molecule is COCCCOc1cc(CC[C@@H](CCl)C(C)C)ccc1OC. The standard InChI is InChI=1S/C18H29ClO3/c1-14(2)16(13-19)8-6-15-7-9-17(21-4)18(12-15)22-11-5-10-20-3/h7,9,12,14,16H,5-6,8,10-11,13H2,1-4H3/t16-/m0/s1. The molecule has 0 fully saturated rings. The first-order chi connectivity index (χ1) is 10.6. The highest BCUT2D eigenvalue weighted by molar-refractivity contribution is 6.18. The van der Waals surface area contributed by atoms with Gasteiger partial charge in [-0.15, -0.1) is 11.6 Å². The predicted molar refractivity (Wildman–Crippen MR) is 92.4 cm³/mol. The molecule has 0 bridgehead atoms. The van der Waals surface area contributed by atoms with Crippen LogP contribution in [-0.4, -0.2) is 33.3 Å². The zero-order valence-electron chi connectivity index (χ0n) is 14.2. The largest absolute Gasteiger partial charge is 0.493 e. The summed E-state index contributed by atoms with van der Waals surface area (Å²) in [6.07, 6.45) is 2.97. The van der Waals surface area contributed by atoms with Crippen molar-refractivity contribution in [2.24, 2.45) is 11.8 Å². The van der Waals surface area contributed by atoms with Crippen LogP contribution in [0.3, 0.4) is 0 Å². The van der Waals surface area contributed by atoms with Gasteiger partial charge in [-0.05, 0) is 42.4 Å². The van der Waals surface area contributed by atoms with Gasteiger partial charge in [0.1, 0.15) is 0 Å². The average Bonchev–Trinajstić information content (AvgIpc) is 2.52. The Morgan fingerprint density at radius 1 is 1.09 bits per heavy atom. The minimum atomic E-state index is 0.551. The number of alkyl halides is 1. The van der Waals surface area contributed by atoms with Gasteiger partial charge in [0.05, 0.1) is 13.7 Å². The van der Waals surface area contributed by atoms with Gasteiger partial charge in [0.2, 0.25) is 0 Å². The summed E-state index contributed by atoms with van der Waals surface area (Å²) >= 11 is 6.05. The van der Waals surface area contributed by atoms with Crippen molar-refractivity contribution < 1.29 is 14.2 Å². The van der Waals surface area contributed by atoms with E-state index in [1.165, 1.54) is 5.56 Å². The number of methoxy groups -OCH3 is 2. The summed E-state index contributed by atoms with van der Waals surface area (Å²) in [7, 11) is 3.36. The maximum Gasteiger partial charge on any atom is 0.161 e. The Labute approximate surface area is 139 Å². The van der Waals surface area contributed by atoms with Crippen molar-refractivity contribution in [1.82, 2.24) is 0 Å². The second-order valence-electron chi connectivity index (χ2n) is 5.88. The molecule has 0 unspecified atom stereocenters. The number of aryl methyl sites for hydroxylation is 1. The summed E-state index contributed by atoms with van der Waals surface area (Å²) in [5.74, 6) is 3.46. The Balaban J connectivity index is 2.64. The molecule has 1 rings (SSSR count). The Kier molecular flexibility index (Phi) is 9.33. The maximum atomic E-state index is 6.05. The number of halogens is 1. The molecule has 0 N–H and O–H groups in total. The van der Waals surface area contributed by atoms with Crippen molar-refractivity contribution in [3.63, 3.8) is 0 Å². The van der Waals surface area contributed by atoms with Crippen molar-refractivity contribution in [3.8, 4) is 11.5 Å². The zero-order chi connectivity index (χ0) is 16.4. The second-order valence-corrected chi connectivity index (χ2v) is 6.19. The van der Waals surface area contributed by atoms with Crippen LogP contribution in [0, 0.1) is 11.8 Å². The van der Waals surface area contributed by atoms with Crippen molar-refractivity contribution >= 4 is 11.6 Å². The van der Waals surface area contributed by atoms with Crippen LogP contribution >= 0.6 is 11.6 Å². The van der Waals surface area contributed by atoms with E-state index in [-0.39, 0.29) is 0 Å². The molecule has 126 valence electrons. The molecule has 1 atom stereocenters. The van der Waals surface area contributed by atoms with Crippen molar-refractivity contribution in [2.45, 2.75) is 33.1 Å². The van der Waals surface area contributed by atoms with E-state index < -0.39 is 0 Å². The van der Waals surface area contributed by atoms with Gasteiger partial charge in [-0.3, -0.25) is 0 Å². The molecule has 0 aromatic heterocycles. The fourth-order valence-corrected chi connectivity index (χ4v) is 2.83. The average molecular weight is 329 g/mol. The highest BCUT2D eigenvalue weighted by atomic mass is 35.5. The first-order valence-corrected chi connectivity index (χ1v) is 8.50. The third kappa shape index (κ3) is 6.45.